The summed E-state index contributed by atoms with van der Waals surface area (Å²) in [5.74, 6) is 2.42. The highest BCUT2D eigenvalue weighted by Crippen LogP contribution is 2.30. The summed E-state index contributed by atoms with van der Waals surface area (Å²) in [6, 6.07) is 7.72. The van der Waals surface area contributed by atoms with Gasteiger partial charge in [0.2, 0.25) is 5.89 Å². The van der Waals surface area contributed by atoms with Gasteiger partial charge in [-0.1, -0.05) is 20.8 Å². The Morgan fingerprint density at radius 2 is 1.89 bits per heavy atom. The number of oxazole rings is 1. The van der Waals surface area contributed by atoms with Crippen LogP contribution in [0.1, 0.15) is 33.0 Å². The smallest absolute Gasteiger partial charge is 0.226 e. The second-order valence-electron chi connectivity index (χ2n) is 5.00. The maximum atomic E-state index is 5.85. The van der Waals surface area contributed by atoms with Crippen molar-refractivity contribution in [1.82, 2.24) is 4.98 Å². The third-order valence-electron chi connectivity index (χ3n) is 3.39. The minimum atomic E-state index is 0.0255. The van der Waals surface area contributed by atoms with Crippen LogP contribution in [-0.2, 0) is 5.41 Å². The topological polar surface area (TPSA) is 35.3 Å². The molecule has 0 atom stereocenters. The standard InChI is InChI=1S/C15H19NO2/c1-5-15(2,3)13-10-16-14(18-13)11-6-8-12(17-4)9-7-11/h6-10H,5H2,1-4H3. The first-order valence-electron chi connectivity index (χ1n) is 6.17. The lowest BCUT2D eigenvalue weighted by atomic mass is 9.88. The summed E-state index contributed by atoms with van der Waals surface area (Å²) in [7, 11) is 1.65. The lowest BCUT2D eigenvalue weighted by molar-refractivity contribution is 0.380. The number of ether oxygens (including phenoxy) is 1. The number of hydrogen-bond donors (Lipinski definition) is 0. The number of rotatable bonds is 4. The molecule has 0 saturated carbocycles. The Bertz CT molecular complexity index is 512. The molecule has 0 bridgehead atoms. The van der Waals surface area contributed by atoms with Crippen molar-refractivity contribution >= 4 is 0 Å². The molecular formula is C15H19NO2. The summed E-state index contributed by atoms with van der Waals surface area (Å²) in [5.41, 5.74) is 0.992. The molecule has 18 heavy (non-hydrogen) atoms. The van der Waals surface area contributed by atoms with Gasteiger partial charge in [0.1, 0.15) is 11.5 Å². The normalized spacial score (nSPS) is 11.6. The van der Waals surface area contributed by atoms with Gasteiger partial charge in [0.25, 0.3) is 0 Å². The van der Waals surface area contributed by atoms with E-state index in [1.165, 1.54) is 0 Å². The van der Waals surface area contributed by atoms with Crippen LogP contribution in [0.5, 0.6) is 5.75 Å². The van der Waals surface area contributed by atoms with Crippen LogP contribution in [0, 0.1) is 0 Å². The molecule has 0 N–H and O–H groups in total. The molecule has 0 radical (unpaired) electrons. The van der Waals surface area contributed by atoms with E-state index in [0.717, 1.165) is 23.5 Å². The van der Waals surface area contributed by atoms with Gasteiger partial charge in [-0.2, -0.15) is 0 Å². The first-order chi connectivity index (χ1) is 8.56. The number of hydrogen-bond acceptors (Lipinski definition) is 3. The van der Waals surface area contributed by atoms with Gasteiger partial charge in [-0.3, -0.25) is 0 Å². The van der Waals surface area contributed by atoms with Crippen molar-refractivity contribution in [2.45, 2.75) is 32.6 Å². The molecule has 0 fully saturated rings. The van der Waals surface area contributed by atoms with E-state index in [2.05, 4.69) is 25.8 Å². The average Bonchev–Trinajstić information content (AvgIpc) is 2.89. The molecule has 1 heterocycles. The van der Waals surface area contributed by atoms with Crippen molar-refractivity contribution in [3.8, 4) is 17.2 Å². The summed E-state index contributed by atoms with van der Waals surface area (Å²) in [6.45, 7) is 6.46. The largest absolute Gasteiger partial charge is 0.497 e. The highest BCUT2D eigenvalue weighted by molar-refractivity contribution is 5.54. The molecule has 2 rings (SSSR count). The summed E-state index contributed by atoms with van der Waals surface area (Å²) in [5, 5.41) is 0. The van der Waals surface area contributed by atoms with E-state index in [4.69, 9.17) is 9.15 Å². The highest BCUT2D eigenvalue weighted by atomic mass is 16.5. The van der Waals surface area contributed by atoms with Crippen LogP contribution < -0.4 is 4.74 Å². The van der Waals surface area contributed by atoms with E-state index >= 15 is 0 Å². The number of methoxy groups -OCH3 is 1. The van der Waals surface area contributed by atoms with E-state index in [1.54, 1.807) is 7.11 Å². The predicted octanol–water partition coefficient (Wildman–Crippen LogP) is 4.04. The van der Waals surface area contributed by atoms with Gasteiger partial charge < -0.3 is 9.15 Å². The van der Waals surface area contributed by atoms with Crippen molar-refractivity contribution in [3.63, 3.8) is 0 Å². The fourth-order valence-electron chi connectivity index (χ4n) is 1.63. The van der Waals surface area contributed by atoms with Crippen LogP contribution in [0.3, 0.4) is 0 Å². The van der Waals surface area contributed by atoms with Gasteiger partial charge in [0.05, 0.1) is 13.3 Å². The zero-order valence-electron chi connectivity index (χ0n) is 11.4. The van der Waals surface area contributed by atoms with E-state index in [-0.39, 0.29) is 5.41 Å². The number of benzene rings is 1. The van der Waals surface area contributed by atoms with Crippen molar-refractivity contribution in [2.24, 2.45) is 0 Å². The van der Waals surface area contributed by atoms with Crippen LogP contribution in [-0.4, -0.2) is 12.1 Å². The van der Waals surface area contributed by atoms with E-state index in [1.807, 2.05) is 30.5 Å². The zero-order chi connectivity index (χ0) is 13.2. The molecule has 0 spiro atoms. The first kappa shape index (κ1) is 12.7. The molecule has 96 valence electrons. The summed E-state index contributed by atoms with van der Waals surface area (Å²) < 4.78 is 11.0. The van der Waals surface area contributed by atoms with Crippen LogP contribution >= 0.6 is 0 Å². The zero-order valence-corrected chi connectivity index (χ0v) is 11.4. The second kappa shape index (κ2) is 4.84. The second-order valence-corrected chi connectivity index (χ2v) is 5.00. The van der Waals surface area contributed by atoms with Gasteiger partial charge in [0, 0.05) is 11.0 Å². The lowest BCUT2D eigenvalue weighted by Gasteiger charge is -2.18. The van der Waals surface area contributed by atoms with E-state index in [9.17, 15) is 0 Å². The SMILES string of the molecule is CCC(C)(C)c1cnc(-c2ccc(OC)cc2)o1. The molecule has 2 aromatic rings. The monoisotopic (exact) mass is 245 g/mol. The van der Waals surface area contributed by atoms with Crippen LogP contribution in [0.15, 0.2) is 34.9 Å². The molecule has 3 nitrogen and oxygen atoms in total. The fraction of sp³-hybridized carbons (Fsp3) is 0.400. The predicted molar refractivity (Wildman–Crippen MR) is 71.8 cm³/mol. The number of aromatic nitrogens is 1. The van der Waals surface area contributed by atoms with Gasteiger partial charge in [-0.25, -0.2) is 4.98 Å². The Labute approximate surface area is 108 Å². The minimum absolute atomic E-state index is 0.0255. The molecule has 0 aliphatic heterocycles. The Balaban J connectivity index is 2.29. The maximum Gasteiger partial charge on any atom is 0.226 e. The third-order valence-corrected chi connectivity index (χ3v) is 3.39. The van der Waals surface area contributed by atoms with Gasteiger partial charge in [-0.15, -0.1) is 0 Å². The Morgan fingerprint density at radius 3 is 2.44 bits per heavy atom. The fourth-order valence-corrected chi connectivity index (χ4v) is 1.63. The van der Waals surface area contributed by atoms with Crippen molar-refractivity contribution in [1.29, 1.82) is 0 Å². The Morgan fingerprint density at radius 1 is 1.22 bits per heavy atom. The van der Waals surface area contributed by atoms with E-state index < -0.39 is 0 Å². The summed E-state index contributed by atoms with van der Waals surface area (Å²) in [4.78, 5) is 4.35. The quantitative estimate of drug-likeness (QED) is 0.815. The summed E-state index contributed by atoms with van der Waals surface area (Å²) in [6.07, 6.45) is 2.84. The first-order valence-corrected chi connectivity index (χ1v) is 6.17. The molecule has 3 heteroatoms. The van der Waals surface area contributed by atoms with Gasteiger partial charge in [-0.05, 0) is 30.7 Å². The van der Waals surface area contributed by atoms with Crippen molar-refractivity contribution < 1.29 is 9.15 Å². The van der Waals surface area contributed by atoms with Crippen LogP contribution in [0.2, 0.25) is 0 Å². The average molecular weight is 245 g/mol. The van der Waals surface area contributed by atoms with E-state index in [0.29, 0.717) is 5.89 Å². The molecule has 0 saturated heterocycles. The molecule has 0 amide bonds. The maximum absolute atomic E-state index is 5.85. The molecule has 1 aromatic carbocycles. The van der Waals surface area contributed by atoms with Crippen LogP contribution in [0.25, 0.3) is 11.5 Å². The third kappa shape index (κ3) is 2.40. The Kier molecular flexibility index (Phi) is 3.41. The van der Waals surface area contributed by atoms with Crippen molar-refractivity contribution in [2.75, 3.05) is 7.11 Å². The van der Waals surface area contributed by atoms with Gasteiger partial charge >= 0.3 is 0 Å². The molecule has 0 unspecified atom stereocenters. The molecule has 1 aromatic heterocycles. The molecular weight excluding hydrogens is 226 g/mol. The minimum Gasteiger partial charge on any atom is -0.497 e. The van der Waals surface area contributed by atoms with Crippen molar-refractivity contribution in [3.05, 3.63) is 36.2 Å². The lowest BCUT2D eigenvalue weighted by Crippen LogP contribution is -2.13. The summed E-state index contributed by atoms with van der Waals surface area (Å²) >= 11 is 0. The number of nitrogens with zero attached hydrogens (tertiary/aromatic N) is 1. The van der Waals surface area contributed by atoms with Gasteiger partial charge in [0.15, 0.2) is 0 Å². The molecule has 0 aliphatic rings. The Hall–Kier alpha value is -1.77. The highest BCUT2D eigenvalue weighted by Gasteiger charge is 2.23. The van der Waals surface area contributed by atoms with Crippen LogP contribution in [0.4, 0.5) is 0 Å². The molecule has 0 aliphatic carbocycles.